The van der Waals surface area contributed by atoms with E-state index < -0.39 is 14.6 Å². The minimum absolute atomic E-state index is 0. The minimum atomic E-state index is -3.12. The van der Waals surface area contributed by atoms with Crippen molar-refractivity contribution >= 4 is 39.8 Å². The zero-order valence-electron chi connectivity index (χ0n) is 15.1. The standard InChI is InChI=1S/C15H31N3O4S.HI/c1-15(2,23(4,19)20)12-18-14(16-3)17-7-5-8-21-10-13-6-9-22-11-13;/h13H,5-12H2,1-4H3,(H2,16,17,18);1H. The number of ether oxygens (including phenoxy) is 2. The van der Waals surface area contributed by atoms with Crippen LogP contribution in [0.15, 0.2) is 4.99 Å². The highest BCUT2D eigenvalue weighted by molar-refractivity contribution is 14.0. The Kier molecular flexibility index (Phi) is 11.4. The molecule has 0 amide bonds. The summed E-state index contributed by atoms with van der Waals surface area (Å²) in [5.74, 6) is 1.14. The van der Waals surface area contributed by atoms with E-state index in [1.165, 1.54) is 6.26 Å². The van der Waals surface area contributed by atoms with Crippen LogP contribution in [0.5, 0.6) is 0 Å². The molecule has 0 aliphatic carbocycles. The number of halogens is 1. The van der Waals surface area contributed by atoms with E-state index in [2.05, 4.69) is 15.6 Å². The summed E-state index contributed by atoms with van der Waals surface area (Å²) >= 11 is 0. The van der Waals surface area contributed by atoms with Crippen LogP contribution in [0, 0.1) is 5.92 Å². The molecule has 24 heavy (non-hydrogen) atoms. The summed E-state index contributed by atoms with van der Waals surface area (Å²) in [5.41, 5.74) is 0. The number of aliphatic imine (C=N–C) groups is 1. The molecule has 1 unspecified atom stereocenters. The van der Waals surface area contributed by atoms with Gasteiger partial charge in [0.25, 0.3) is 0 Å². The predicted molar refractivity (Wildman–Crippen MR) is 108 cm³/mol. The lowest BCUT2D eigenvalue weighted by atomic mass is 10.1. The van der Waals surface area contributed by atoms with Gasteiger partial charge in [-0.1, -0.05) is 0 Å². The normalized spacial score (nSPS) is 19.0. The lowest BCUT2D eigenvalue weighted by Gasteiger charge is -2.24. The number of rotatable bonds is 9. The molecule has 1 aliphatic rings. The smallest absolute Gasteiger partial charge is 0.191 e. The summed E-state index contributed by atoms with van der Waals surface area (Å²) in [6, 6.07) is 0. The Hall–Kier alpha value is -0.130. The molecule has 0 aromatic heterocycles. The van der Waals surface area contributed by atoms with Crippen LogP contribution in [0.1, 0.15) is 26.7 Å². The fourth-order valence-corrected chi connectivity index (χ4v) is 2.33. The van der Waals surface area contributed by atoms with Crippen molar-refractivity contribution < 1.29 is 17.9 Å². The summed E-state index contributed by atoms with van der Waals surface area (Å²) in [7, 11) is -1.46. The van der Waals surface area contributed by atoms with E-state index in [9.17, 15) is 8.42 Å². The van der Waals surface area contributed by atoms with Crippen LogP contribution in [0.2, 0.25) is 0 Å². The second kappa shape index (κ2) is 11.5. The maximum atomic E-state index is 11.7. The number of guanidine groups is 1. The van der Waals surface area contributed by atoms with Crippen molar-refractivity contribution in [3.05, 3.63) is 0 Å². The SMILES string of the molecule is CN=C(NCCCOCC1CCOC1)NCC(C)(C)S(C)(=O)=O.I. The third-order valence-electron chi connectivity index (χ3n) is 4.04. The first-order valence-electron chi connectivity index (χ1n) is 8.06. The van der Waals surface area contributed by atoms with Crippen LogP contribution < -0.4 is 10.6 Å². The monoisotopic (exact) mass is 477 g/mol. The van der Waals surface area contributed by atoms with Crippen molar-refractivity contribution in [1.29, 1.82) is 0 Å². The second-order valence-electron chi connectivity index (χ2n) is 6.54. The second-order valence-corrected chi connectivity index (χ2v) is 9.19. The summed E-state index contributed by atoms with van der Waals surface area (Å²) in [4.78, 5) is 4.10. The van der Waals surface area contributed by atoms with Crippen LogP contribution in [0.4, 0.5) is 0 Å². The van der Waals surface area contributed by atoms with Gasteiger partial charge in [0.1, 0.15) is 0 Å². The molecule has 1 fully saturated rings. The van der Waals surface area contributed by atoms with Crippen molar-refractivity contribution in [3.8, 4) is 0 Å². The molecule has 9 heteroatoms. The van der Waals surface area contributed by atoms with Gasteiger partial charge in [-0.05, 0) is 26.7 Å². The van der Waals surface area contributed by atoms with Gasteiger partial charge in [0.2, 0.25) is 0 Å². The average Bonchev–Trinajstić information content (AvgIpc) is 2.97. The maximum absolute atomic E-state index is 11.7. The zero-order chi connectivity index (χ0) is 17.3. The number of hydrogen-bond acceptors (Lipinski definition) is 5. The Bertz CT molecular complexity index is 477. The van der Waals surface area contributed by atoms with Crippen molar-refractivity contribution in [2.45, 2.75) is 31.4 Å². The molecule has 1 aliphatic heterocycles. The lowest BCUT2D eigenvalue weighted by Crippen LogP contribution is -2.47. The van der Waals surface area contributed by atoms with Gasteiger partial charge in [-0.2, -0.15) is 0 Å². The molecule has 1 rings (SSSR count). The van der Waals surface area contributed by atoms with Gasteiger partial charge in [-0.25, -0.2) is 8.42 Å². The summed E-state index contributed by atoms with van der Waals surface area (Å²) in [6.45, 7) is 7.54. The molecule has 1 heterocycles. The highest BCUT2D eigenvalue weighted by Crippen LogP contribution is 2.13. The molecule has 0 bridgehead atoms. The molecule has 1 atom stereocenters. The number of sulfone groups is 1. The molecular formula is C15H32IN3O4S. The number of nitrogens with zero attached hydrogens (tertiary/aromatic N) is 1. The molecule has 0 aromatic rings. The summed E-state index contributed by atoms with van der Waals surface area (Å²) < 4.78 is 33.4. The average molecular weight is 477 g/mol. The fraction of sp³-hybridized carbons (Fsp3) is 0.933. The van der Waals surface area contributed by atoms with E-state index in [4.69, 9.17) is 9.47 Å². The molecule has 7 nitrogen and oxygen atoms in total. The Labute approximate surface area is 163 Å². The van der Waals surface area contributed by atoms with E-state index in [1.807, 2.05) is 0 Å². The van der Waals surface area contributed by atoms with Gasteiger partial charge in [0.15, 0.2) is 15.8 Å². The minimum Gasteiger partial charge on any atom is -0.381 e. The van der Waals surface area contributed by atoms with Gasteiger partial charge in [0, 0.05) is 45.5 Å². The first kappa shape index (κ1) is 23.9. The van der Waals surface area contributed by atoms with Crippen molar-refractivity contribution in [2.24, 2.45) is 10.9 Å². The van der Waals surface area contributed by atoms with E-state index in [0.29, 0.717) is 25.0 Å². The largest absolute Gasteiger partial charge is 0.381 e. The predicted octanol–water partition coefficient (Wildman–Crippen LogP) is 1.04. The third kappa shape index (κ3) is 8.82. The van der Waals surface area contributed by atoms with E-state index in [0.717, 1.165) is 39.2 Å². The van der Waals surface area contributed by atoms with Crippen molar-refractivity contribution in [3.63, 3.8) is 0 Å². The van der Waals surface area contributed by atoms with Gasteiger partial charge < -0.3 is 20.1 Å². The van der Waals surface area contributed by atoms with E-state index in [-0.39, 0.29) is 24.0 Å². The topological polar surface area (TPSA) is 89.0 Å². The van der Waals surface area contributed by atoms with Crippen molar-refractivity contribution in [2.75, 3.05) is 52.8 Å². The van der Waals surface area contributed by atoms with Gasteiger partial charge >= 0.3 is 0 Å². The van der Waals surface area contributed by atoms with Crippen LogP contribution in [-0.4, -0.2) is 71.9 Å². The molecule has 1 saturated heterocycles. The first-order valence-corrected chi connectivity index (χ1v) is 9.95. The van der Waals surface area contributed by atoms with E-state index >= 15 is 0 Å². The molecule has 0 spiro atoms. The van der Waals surface area contributed by atoms with Crippen LogP contribution in [0.25, 0.3) is 0 Å². The molecule has 2 N–H and O–H groups in total. The van der Waals surface area contributed by atoms with Crippen LogP contribution >= 0.6 is 24.0 Å². The summed E-state index contributed by atoms with van der Waals surface area (Å²) in [5, 5.41) is 6.22. The maximum Gasteiger partial charge on any atom is 0.191 e. The third-order valence-corrected chi connectivity index (χ3v) is 6.20. The van der Waals surface area contributed by atoms with Crippen LogP contribution in [-0.2, 0) is 19.3 Å². The Morgan fingerprint density at radius 2 is 2.08 bits per heavy atom. The lowest BCUT2D eigenvalue weighted by molar-refractivity contribution is 0.0888. The highest BCUT2D eigenvalue weighted by Gasteiger charge is 2.30. The van der Waals surface area contributed by atoms with Crippen molar-refractivity contribution in [1.82, 2.24) is 10.6 Å². The zero-order valence-corrected chi connectivity index (χ0v) is 18.3. The molecule has 144 valence electrons. The van der Waals surface area contributed by atoms with Gasteiger partial charge in [0.05, 0.1) is 18.0 Å². The van der Waals surface area contributed by atoms with Gasteiger partial charge in [-0.3, -0.25) is 4.99 Å². The summed E-state index contributed by atoms with van der Waals surface area (Å²) in [6.07, 6.45) is 3.20. The fourth-order valence-electron chi connectivity index (χ4n) is 1.99. The van der Waals surface area contributed by atoms with Gasteiger partial charge in [-0.15, -0.1) is 24.0 Å². The quantitative estimate of drug-likeness (QED) is 0.223. The molecule has 0 radical (unpaired) electrons. The Morgan fingerprint density at radius 1 is 1.38 bits per heavy atom. The molecule has 0 saturated carbocycles. The first-order chi connectivity index (χ1) is 10.8. The van der Waals surface area contributed by atoms with E-state index in [1.54, 1.807) is 20.9 Å². The Morgan fingerprint density at radius 3 is 2.62 bits per heavy atom. The molecule has 0 aromatic carbocycles. The number of hydrogen-bond donors (Lipinski definition) is 2. The number of nitrogens with one attached hydrogen (secondary N) is 2. The van der Waals surface area contributed by atoms with Crippen LogP contribution in [0.3, 0.4) is 0 Å². The Balaban J connectivity index is 0.00000529. The molecular weight excluding hydrogens is 445 g/mol. The highest BCUT2D eigenvalue weighted by atomic mass is 127.